The Balaban J connectivity index is 0. The predicted octanol–water partition coefficient (Wildman–Crippen LogP) is 7.16. The van der Waals surface area contributed by atoms with Crippen molar-refractivity contribution in [1.82, 2.24) is 9.80 Å². The van der Waals surface area contributed by atoms with Gasteiger partial charge in [0.25, 0.3) is 0 Å². The summed E-state index contributed by atoms with van der Waals surface area (Å²) in [6.45, 7) is 26.2. The van der Waals surface area contributed by atoms with Gasteiger partial charge < -0.3 is 9.80 Å². The zero-order chi connectivity index (χ0) is 27.2. The lowest BCUT2D eigenvalue weighted by Crippen LogP contribution is -2.22. The summed E-state index contributed by atoms with van der Waals surface area (Å²) in [5, 5.41) is 0. The Morgan fingerprint density at radius 3 is 1.06 bits per heavy atom. The van der Waals surface area contributed by atoms with Crippen molar-refractivity contribution in [2.24, 2.45) is 32.7 Å². The van der Waals surface area contributed by atoms with Crippen molar-refractivity contribution in [2.45, 2.75) is 101 Å². The molecule has 0 N–H and O–H groups in total. The number of nitrogens with zero attached hydrogens (tertiary/aromatic N) is 5. The summed E-state index contributed by atoms with van der Waals surface area (Å²) in [4.78, 5) is 18.4. The van der Waals surface area contributed by atoms with E-state index in [1.165, 1.54) is 23.6 Å². The van der Waals surface area contributed by atoms with Crippen LogP contribution >= 0.6 is 0 Å². The standard InChI is InChI=1S/C19H39N3.C11H24N2/c1-16(2)14-18(5)20-10-8-12-22(7)13-9-11-21-19(6)15-17(3)4;1-10(2)9-11(3)12-7-6-8-13(4)5/h16-17H,8-15H2,1-7H3;10H,6-9H2,1-5H3. The maximum atomic E-state index is 4.65. The van der Waals surface area contributed by atoms with E-state index in [2.05, 4.69) is 108 Å². The van der Waals surface area contributed by atoms with Crippen LogP contribution in [0.5, 0.6) is 0 Å². The van der Waals surface area contributed by atoms with Gasteiger partial charge in [0.2, 0.25) is 0 Å². The summed E-state index contributed by atoms with van der Waals surface area (Å²) in [7, 11) is 6.41. The molecular formula is C30H63N5. The second-order valence-corrected chi connectivity index (χ2v) is 11.8. The molecule has 0 aliphatic rings. The van der Waals surface area contributed by atoms with Crippen LogP contribution in [0, 0.1) is 17.8 Å². The highest BCUT2D eigenvalue weighted by molar-refractivity contribution is 5.82. The maximum Gasteiger partial charge on any atom is 0.0400 e. The molecule has 0 rings (SSSR count). The van der Waals surface area contributed by atoms with Gasteiger partial charge in [0, 0.05) is 36.8 Å². The van der Waals surface area contributed by atoms with Crippen LogP contribution in [0.25, 0.3) is 0 Å². The first kappa shape index (κ1) is 36.1. The van der Waals surface area contributed by atoms with E-state index in [1.807, 2.05) is 0 Å². The van der Waals surface area contributed by atoms with Gasteiger partial charge >= 0.3 is 0 Å². The fourth-order valence-electron chi connectivity index (χ4n) is 3.96. The maximum absolute atomic E-state index is 4.65. The van der Waals surface area contributed by atoms with Crippen LogP contribution in [0.1, 0.15) is 101 Å². The van der Waals surface area contributed by atoms with E-state index in [0.29, 0.717) is 11.8 Å². The fourth-order valence-corrected chi connectivity index (χ4v) is 3.96. The minimum atomic E-state index is 0.714. The van der Waals surface area contributed by atoms with Gasteiger partial charge in [0.05, 0.1) is 0 Å². The van der Waals surface area contributed by atoms with E-state index >= 15 is 0 Å². The minimum Gasteiger partial charge on any atom is -0.309 e. The van der Waals surface area contributed by atoms with Gasteiger partial charge in [-0.15, -0.1) is 0 Å². The summed E-state index contributed by atoms with van der Waals surface area (Å²) < 4.78 is 0. The van der Waals surface area contributed by atoms with Gasteiger partial charge in [-0.25, -0.2) is 0 Å². The van der Waals surface area contributed by atoms with Crippen LogP contribution in [0.3, 0.4) is 0 Å². The first-order valence-electron chi connectivity index (χ1n) is 14.2. The lowest BCUT2D eigenvalue weighted by molar-refractivity contribution is 0.329. The van der Waals surface area contributed by atoms with Crippen LogP contribution in [-0.2, 0) is 0 Å². The van der Waals surface area contributed by atoms with Crippen LogP contribution in [0.15, 0.2) is 15.0 Å². The summed E-state index contributed by atoms with van der Waals surface area (Å²) in [6.07, 6.45) is 6.88. The lowest BCUT2D eigenvalue weighted by Gasteiger charge is -2.15. The molecule has 0 aliphatic heterocycles. The Kier molecular flexibility index (Phi) is 24.1. The summed E-state index contributed by atoms with van der Waals surface area (Å²) in [5.41, 5.74) is 3.90. The van der Waals surface area contributed by atoms with E-state index in [1.54, 1.807) is 0 Å². The van der Waals surface area contributed by atoms with E-state index < -0.39 is 0 Å². The molecule has 0 fully saturated rings. The van der Waals surface area contributed by atoms with Crippen LogP contribution in [0.4, 0.5) is 0 Å². The van der Waals surface area contributed by atoms with Gasteiger partial charge in [-0.3, -0.25) is 15.0 Å². The molecule has 35 heavy (non-hydrogen) atoms. The molecule has 0 bridgehead atoms. The highest BCUT2D eigenvalue weighted by atomic mass is 15.1. The summed E-state index contributed by atoms with van der Waals surface area (Å²) in [6, 6.07) is 0. The van der Waals surface area contributed by atoms with E-state index in [9.17, 15) is 0 Å². The van der Waals surface area contributed by atoms with Crippen molar-refractivity contribution in [2.75, 3.05) is 60.4 Å². The van der Waals surface area contributed by atoms with Crippen molar-refractivity contribution in [3.63, 3.8) is 0 Å². The number of aliphatic imine (C=N–C) groups is 3. The summed E-state index contributed by atoms with van der Waals surface area (Å²) in [5.74, 6) is 2.16. The summed E-state index contributed by atoms with van der Waals surface area (Å²) >= 11 is 0. The first-order chi connectivity index (χ1) is 16.3. The Labute approximate surface area is 221 Å². The molecule has 0 saturated heterocycles. The van der Waals surface area contributed by atoms with Crippen molar-refractivity contribution in [3.05, 3.63) is 0 Å². The number of hydrogen-bond donors (Lipinski definition) is 0. The number of hydrogen-bond acceptors (Lipinski definition) is 5. The largest absolute Gasteiger partial charge is 0.309 e. The van der Waals surface area contributed by atoms with Crippen molar-refractivity contribution < 1.29 is 0 Å². The Hall–Kier alpha value is -1.07. The molecule has 0 aliphatic carbocycles. The monoisotopic (exact) mass is 494 g/mol. The molecule has 0 radical (unpaired) electrons. The normalized spacial score (nSPS) is 13.5. The third-order valence-corrected chi connectivity index (χ3v) is 5.42. The number of rotatable bonds is 18. The Morgan fingerprint density at radius 2 is 0.800 bits per heavy atom. The van der Waals surface area contributed by atoms with E-state index in [-0.39, 0.29) is 0 Å². The molecule has 0 aromatic rings. The molecule has 0 atom stereocenters. The molecule has 0 saturated carbocycles. The molecule has 0 aromatic carbocycles. The van der Waals surface area contributed by atoms with Crippen molar-refractivity contribution in [1.29, 1.82) is 0 Å². The zero-order valence-corrected chi connectivity index (χ0v) is 26.0. The van der Waals surface area contributed by atoms with Gasteiger partial charge in [0.15, 0.2) is 0 Å². The molecule has 0 unspecified atom stereocenters. The van der Waals surface area contributed by atoms with Crippen molar-refractivity contribution in [3.8, 4) is 0 Å². The SMILES string of the molecule is CC(CC(C)C)=NCCCN(C)C.CC(CC(C)C)=NCCCN(C)CCCN=C(C)CC(C)C. The van der Waals surface area contributed by atoms with Gasteiger partial charge in [0.1, 0.15) is 0 Å². The fraction of sp³-hybridized carbons (Fsp3) is 0.900. The van der Waals surface area contributed by atoms with Gasteiger partial charge in [-0.05, 0) is 118 Å². The molecule has 208 valence electrons. The molecule has 0 amide bonds. The second-order valence-electron chi connectivity index (χ2n) is 11.8. The predicted molar refractivity (Wildman–Crippen MR) is 162 cm³/mol. The van der Waals surface area contributed by atoms with Gasteiger partial charge in [-0.1, -0.05) is 41.5 Å². The molecule has 0 aromatic heterocycles. The average molecular weight is 494 g/mol. The average Bonchev–Trinajstić information content (AvgIpc) is 2.70. The van der Waals surface area contributed by atoms with Crippen LogP contribution < -0.4 is 0 Å². The molecule has 0 heterocycles. The smallest absolute Gasteiger partial charge is 0.0400 e. The quantitative estimate of drug-likeness (QED) is 0.150. The highest BCUT2D eigenvalue weighted by Crippen LogP contribution is 2.03. The minimum absolute atomic E-state index is 0.714. The molecule has 5 nitrogen and oxygen atoms in total. The van der Waals surface area contributed by atoms with Crippen LogP contribution in [-0.4, -0.2) is 87.3 Å². The third kappa shape index (κ3) is 30.9. The van der Waals surface area contributed by atoms with Gasteiger partial charge in [-0.2, -0.15) is 0 Å². The molecule has 5 heteroatoms. The molecule has 0 spiro atoms. The Morgan fingerprint density at radius 1 is 0.514 bits per heavy atom. The second kappa shape index (κ2) is 23.3. The first-order valence-corrected chi connectivity index (χ1v) is 14.2. The van der Waals surface area contributed by atoms with E-state index in [4.69, 9.17) is 0 Å². The zero-order valence-electron chi connectivity index (χ0n) is 26.0. The Bertz CT molecular complexity index is 541. The third-order valence-electron chi connectivity index (χ3n) is 5.42. The van der Waals surface area contributed by atoms with E-state index in [0.717, 1.165) is 77.3 Å². The lowest BCUT2D eigenvalue weighted by atomic mass is 10.1. The van der Waals surface area contributed by atoms with Crippen molar-refractivity contribution >= 4 is 17.1 Å². The molecular weight excluding hydrogens is 430 g/mol. The topological polar surface area (TPSA) is 43.6 Å². The highest BCUT2D eigenvalue weighted by Gasteiger charge is 2.00. The van der Waals surface area contributed by atoms with Crippen LogP contribution in [0.2, 0.25) is 0 Å².